The van der Waals surface area contributed by atoms with Gasteiger partial charge in [0.05, 0.1) is 36.1 Å². The van der Waals surface area contributed by atoms with E-state index in [1.165, 1.54) is 11.3 Å². The molecule has 1 saturated heterocycles. The number of rotatable bonds is 5. The molecule has 130 valence electrons. The molecular weight excluding hydrogens is 330 g/mol. The SMILES string of the molecule is Cc1nc(C(=O)N[C@@H]2COCC[C@@H]2OCc2c(C)noc2C)cs1. The van der Waals surface area contributed by atoms with Crippen LogP contribution in [0, 0.1) is 20.8 Å². The summed E-state index contributed by atoms with van der Waals surface area (Å²) in [5.74, 6) is 0.568. The van der Waals surface area contributed by atoms with Crippen LogP contribution in [-0.2, 0) is 16.1 Å². The summed E-state index contributed by atoms with van der Waals surface area (Å²) in [6, 6.07) is -0.200. The molecule has 8 heteroatoms. The monoisotopic (exact) mass is 351 g/mol. The van der Waals surface area contributed by atoms with E-state index in [0.717, 1.165) is 28.4 Å². The minimum absolute atomic E-state index is 0.115. The van der Waals surface area contributed by atoms with Crippen molar-refractivity contribution in [1.82, 2.24) is 15.5 Å². The maximum absolute atomic E-state index is 12.3. The van der Waals surface area contributed by atoms with Gasteiger partial charge < -0.3 is 19.3 Å². The molecule has 2 aromatic rings. The Bertz CT molecular complexity index is 692. The van der Waals surface area contributed by atoms with Crippen LogP contribution in [0.5, 0.6) is 0 Å². The summed E-state index contributed by atoms with van der Waals surface area (Å²) in [6.45, 7) is 7.10. The normalized spacial score (nSPS) is 21.0. The van der Waals surface area contributed by atoms with Gasteiger partial charge in [0.2, 0.25) is 0 Å². The van der Waals surface area contributed by atoms with E-state index in [0.29, 0.717) is 25.5 Å². The fourth-order valence-electron chi connectivity index (χ4n) is 2.66. The third-order valence-corrected chi connectivity index (χ3v) is 4.86. The van der Waals surface area contributed by atoms with Crippen LogP contribution < -0.4 is 5.32 Å². The first-order chi connectivity index (χ1) is 11.5. The van der Waals surface area contributed by atoms with Gasteiger partial charge in [-0.25, -0.2) is 4.98 Å². The maximum atomic E-state index is 12.3. The first kappa shape index (κ1) is 17.1. The van der Waals surface area contributed by atoms with Gasteiger partial charge in [-0.15, -0.1) is 11.3 Å². The lowest BCUT2D eigenvalue weighted by molar-refractivity contribution is -0.0608. The van der Waals surface area contributed by atoms with Gasteiger partial charge >= 0.3 is 0 Å². The van der Waals surface area contributed by atoms with Crippen molar-refractivity contribution in [2.24, 2.45) is 0 Å². The van der Waals surface area contributed by atoms with E-state index >= 15 is 0 Å². The van der Waals surface area contributed by atoms with E-state index in [4.69, 9.17) is 14.0 Å². The summed E-state index contributed by atoms with van der Waals surface area (Å²) in [4.78, 5) is 16.5. The number of hydrogen-bond donors (Lipinski definition) is 1. The second-order valence-electron chi connectivity index (χ2n) is 5.85. The molecule has 1 aliphatic heterocycles. The molecule has 24 heavy (non-hydrogen) atoms. The molecule has 7 nitrogen and oxygen atoms in total. The van der Waals surface area contributed by atoms with Crippen LogP contribution in [0.3, 0.4) is 0 Å². The molecule has 2 atom stereocenters. The highest BCUT2D eigenvalue weighted by molar-refractivity contribution is 7.09. The molecule has 0 saturated carbocycles. The third-order valence-electron chi connectivity index (χ3n) is 4.08. The zero-order valence-corrected chi connectivity index (χ0v) is 14.8. The molecule has 0 unspecified atom stereocenters. The third kappa shape index (κ3) is 3.82. The second kappa shape index (κ2) is 7.42. The molecule has 0 spiro atoms. The van der Waals surface area contributed by atoms with Gasteiger partial charge in [0.25, 0.3) is 5.91 Å². The van der Waals surface area contributed by atoms with Gasteiger partial charge in [-0.2, -0.15) is 0 Å². The Hall–Kier alpha value is -1.77. The maximum Gasteiger partial charge on any atom is 0.271 e. The lowest BCUT2D eigenvalue weighted by Gasteiger charge is -2.31. The molecule has 1 N–H and O–H groups in total. The Morgan fingerprint density at radius 1 is 1.46 bits per heavy atom. The number of amides is 1. The fourth-order valence-corrected chi connectivity index (χ4v) is 3.25. The number of thiazole rings is 1. The summed E-state index contributed by atoms with van der Waals surface area (Å²) in [7, 11) is 0. The lowest BCUT2D eigenvalue weighted by atomic mass is 10.1. The summed E-state index contributed by atoms with van der Waals surface area (Å²) in [5, 5.41) is 9.53. The van der Waals surface area contributed by atoms with E-state index in [-0.39, 0.29) is 18.1 Å². The van der Waals surface area contributed by atoms with Gasteiger partial charge in [-0.3, -0.25) is 4.79 Å². The van der Waals surface area contributed by atoms with E-state index < -0.39 is 0 Å². The van der Waals surface area contributed by atoms with Crippen LogP contribution in [-0.4, -0.2) is 41.4 Å². The van der Waals surface area contributed by atoms with E-state index in [9.17, 15) is 4.79 Å². The largest absolute Gasteiger partial charge is 0.379 e. The molecule has 1 amide bonds. The number of aromatic nitrogens is 2. The van der Waals surface area contributed by atoms with Gasteiger partial charge in [-0.1, -0.05) is 5.16 Å². The summed E-state index contributed by atoms with van der Waals surface area (Å²) >= 11 is 1.46. The fraction of sp³-hybridized carbons (Fsp3) is 0.562. The Morgan fingerprint density at radius 2 is 2.29 bits per heavy atom. The summed E-state index contributed by atoms with van der Waals surface area (Å²) in [6.07, 6.45) is 0.612. The Kier molecular flexibility index (Phi) is 5.27. The van der Waals surface area contributed by atoms with E-state index in [2.05, 4.69) is 15.5 Å². The molecule has 0 radical (unpaired) electrons. The topological polar surface area (TPSA) is 86.5 Å². The molecule has 0 aliphatic carbocycles. The van der Waals surface area contributed by atoms with Crippen molar-refractivity contribution in [2.75, 3.05) is 13.2 Å². The van der Waals surface area contributed by atoms with Crippen molar-refractivity contribution >= 4 is 17.2 Å². The molecular formula is C16H21N3O4S. The number of nitrogens with one attached hydrogen (secondary N) is 1. The van der Waals surface area contributed by atoms with Crippen LogP contribution in [0.4, 0.5) is 0 Å². The number of carbonyl (C=O) groups is 1. The highest BCUT2D eigenvalue weighted by Gasteiger charge is 2.29. The zero-order chi connectivity index (χ0) is 17.1. The number of ether oxygens (including phenoxy) is 2. The molecule has 0 aromatic carbocycles. The smallest absolute Gasteiger partial charge is 0.271 e. The first-order valence-corrected chi connectivity index (χ1v) is 8.76. The molecule has 0 bridgehead atoms. The lowest BCUT2D eigenvalue weighted by Crippen LogP contribution is -2.50. The van der Waals surface area contributed by atoms with Crippen molar-refractivity contribution in [3.05, 3.63) is 33.1 Å². The molecule has 1 fully saturated rings. The van der Waals surface area contributed by atoms with Crippen LogP contribution in [0.25, 0.3) is 0 Å². The summed E-state index contributed by atoms with van der Waals surface area (Å²) < 4.78 is 16.7. The number of nitrogens with zero attached hydrogens (tertiary/aromatic N) is 2. The van der Waals surface area contributed by atoms with E-state index in [1.807, 2.05) is 20.8 Å². The van der Waals surface area contributed by atoms with Gasteiger partial charge in [0.1, 0.15) is 11.5 Å². The summed E-state index contributed by atoms with van der Waals surface area (Å²) in [5.41, 5.74) is 2.23. The molecule has 2 aromatic heterocycles. The van der Waals surface area contributed by atoms with Gasteiger partial charge in [0.15, 0.2) is 0 Å². The number of hydrogen-bond acceptors (Lipinski definition) is 7. The van der Waals surface area contributed by atoms with Gasteiger partial charge in [0, 0.05) is 17.6 Å². The highest BCUT2D eigenvalue weighted by Crippen LogP contribution is 2.19. The average molecular weight is 351 g/mol. The Labute approximate surface area is 144 Å². The molecule has 3 rings (SSSR count). The minimum Gasteiger partial charge on any atom is -0.379 e. The van der Waals surface area contributed by atoms with Crippen molar-refractivity contribution in [3.8, 4) is 0 Å². The quantitative estimate of drug-likeness (QED) is 0.888. The molecule has 3 heterocycles. The Morgan fingerprint density at radius 3 is 2.96 bits per heavy atom. The van der Waals surface area contributed by atoms with Crippen molar-refractivity contribution in [2.45, 2.75) is 45.9 Å². The van der Waals surface area contributed by atoms with Crippen LogP contribution in [0.1, 0.15) is 38.9 Å². The zero-order valence-electron chi connectivity index (χ0n) is 14.0. The number of aryl methyl sites for hydroxylation is 3. The van der Waals surface area contributed by atoms with Crippen LogP contribution >= 0.6 is 11.3 Å². The van der Waals surface area contributed by atoms with Crippen LogP contribution in [0.15, 0.2) is 9.90 Å². The van der Waals surface area contributed by atoms with Crippen molar-refractivity contribution in [3.63, 3.8) is 0 Å². The number of carbonyl (C=O) groups excluding carboxylic acids is 1. The highest BCUT2D eigenvalue weighted by atomic mass is 32.1. The van der Waals surface area contributed by atoms with Gasteiger partial charge in [-0.05, 0) is 27.2 Å². The van der Waals surface area contributed by atoms with Crippen molar-refractivity contribution < 1.29 is 18.8 Å². The van der Waals surface area contributed by atoms with E-state index in [1.54, 1.807) is 5.38 Å². The minimum atomic E-state index is -0.200. The predicted octanol–water partition coefficient (Wildman–Crippen LogP) is 2.16. The molecule has 1 aliphatic rings. The second-order valence-corrected chi connectivity index (χ2v) is 6.91. The Balaban J connectivity index is 1.62. The van der Waals surface area contributed by atoms with Crippen LogP contribution in [0.2, 0.25) is 0 Å². The predicted molar refractivity (Wildman–Crippen MR) is 88.1 cm³/mol. The first-order valence-electron chi connectivity index (χ1n) is 7.88. The average Bonchev–Trinajstić information content (AvgIpc) is 3.13. The standard InChI is InChI=1S/C16H21N3O4S/c1-9-12(10(2)23-19-9)6-22-15-4-5-21-7-13(15)18-16(20)14-8-24-11(3)17-14/h8,13,15H,4-7H2,1-3H3,(H,18,20)/t13-,15+/m1/s1. The van der Waals surface area contributed by atoms with Crippen molar-refractivity contribution in [1.29, 1.82) is 0 Å².